The highest BCUT2D eigenvalue weighted by atomic mass is 32.2. The fourth-order valence-electron chi connectivity index (χ4n) is 4.27. The molecule has 1 amide bonds. The Kier molecular flexibility index (Phi) is 10.4. The topological polar surface area (TPSA) is 143 Å². The van der Waals surface area contributed by atoms with Crippen LogP contribution in [0.4, 0.5) is 20.2 Å². The van der Waals surface area contributed by atoms with Gasteiger partial charge in [-0.3, -0.25) is 19.6 Å². The first-order chi connectivity index (χ1) is 19.8. The van der Waals surface area contributed by atoms with Gasteiger partial charge in [0.2, 0.25) is 26.3 Å². The fourth-order valence-corrected chi connectivity index (χ4v) is 5.40. The summed E-state index contributed by atoms with van der Waals surface area (Å²) in [7, 11) is -7.35. The molecule has 14 heteroatoms. The van der Waals surface area contributed by atoms with E-state index in [1.54, 1.807) is 12.1 Å². The zero-order valence-electron chi connectivity index (χ0n) is 24.7. The number of anilines is 2. The summed E-state index contributed by atoms with van der Waals surface area (Å²) in [5, 5.41) is 5.60. The Balaban J connectivity index is 1.79. The van der Waals surface area contributed by atoms with Crippen molar-refractivity contribution in [3.63, 3.8) is 0 Å². The summed E-state index contributed by atoms with van der Waals surface area (Å²) in [6.45, 7) is 8.05. The van der Waals surface area contributed by atoms with Gasteiger partial charge in [-0.05, 0) is 71.0 Å². The first kappa shape index (κ1) is 33.7. The van der Waals surface area contributed by atoms with E-state index in [4.69, 9.17) is 4.74 Å². The van der Waals surface area contributed by atoms with Gasteiger partial charge in [-0.15, -0.1) is 0 Å². The zero-order chi connectivity index (χ0) is 32.2. The van der Waals surface area contributed by atoms with E-state index in [-0.39, 0.29) is 29.9 Å². The highest BCUT2D eigenvalue weighted by molar-refractivity contribution is 7.92. The predicted octanol–water partition coefficient (Wildman–Crippen LogP) is 4.12. The van der Waals surface area contributed by atoms with Gasteiger partial charge in [-0.2, -0.15) is 0 Å². The number of aryl methyl sites for hydroxylation is 1. The van der Waals surface area contributed by atoms with E-state index >= 15 is 0 Å². The lowest BCUT2D eigenvalue weighted by atomic mass is 9.84. The molecule has 3 aromatic rings. The average Bonchev–Trinajstić information content (AvgIpc) is 2.86. The molecule has 0 aromatic heterocycles. The van der Waals surface area contributed by atoms with Crippen LogP contribution in [0.1, 0.15) is 43.0 Å². The van der Waals surface area contributed by atoms with Gasteiger partial charge >= 0.3 is 0 Å². The van der Waals surface area contributed by atoms with Crippen molar-refractivity contribution in [2.24, 2.45) is 0 Å². The molecule has 0 aliphatic rings. The summed E-state index contributed by atoms with van der Waals surface area (Å²) in [5.41, 5.74) is 2.29. The lowest BCUT2D eigenvalue weighted by Gasteiger charge is -2.24. The average molecular weight is 639 g/mol. The van der Waals surface area contributed by atoms with Gasteiger partial charge in [0.05, 0.1) is 23.9 Å². The number of benzene rings is 3. The monoisotopic (exact) mass is 638 g/mol. The number of carbonyl (C=O) groups is 1. The lowest BCUT2D eigenvalue weighted by Crippen LogP contribution is -2.47. The number of amides is 1. The molecule has 0 heterocycles. The summed E-state index contributed by atoms with van der Waals surface area (Å²) in [4.78, 5) is 13.2. The van der Waals surface area contributed by atoms with E-state index in [1.165, 1.54) is 24.3 Å². The highest BCUT2D eigenvalue weighted by Gasteiger charge is 2.22. The third-order valence-electron chi connectivity index (χ3n) is 6.11. The van der Waals surface area contributed by atoms with Crippen LogP contribution in [-0.4, -0.2) is 41.5 Å². The van der Waals surface area contributed by atoms with Gasteiger partial charge in [0.1, 0.15) is 17.4 Å². The highest BCUT2D eigenvalue weighted by Crippen LogP contribution is 2.28. The van der Waals surface area contributed by atoms with Gasteiger partial charge in [-0.1, -0.05) is 39.0 Å². The molecule has 43 heavy (non-hydrogen) atoms. The van der Waals surface area contributed by atoms with Crippen LogP contribution >= 0.6 is 0 Å². The molecule has 1 unspecified atom stereocenters. The van der Waals surface area contributed by atoms with Gasteiger partial charge in [0.25, 0.3) is 5.91 Å². The third-order valence-corrected chi connectivity index (χ3v) is 7.30. The minimum atomic E-state index is -3.67. The molecule has 0 aliphatic heterocycles. The second-order valence-corrected chi connectivity index (χ2v) is 14.7. The standard InChI is InChI=1S/C29H36F2N4O6S2/c1-18-13-21(9-10-22(18)29(2,3)4)41-28(33-17-20-8-12-26(24(31)15-20)35-43(6,39)40)27(36)32-16-19-7-11-25(23(30)14-19)34-42(5,37)38/h7-15,28,33-35H,16-17H2,1-6H3,(H,32,36). The Morgan fingerprint density at radius 3 is 1.77 bits per heavy atom. The zero-order valence-corrected chi connectivity index (χ0v) is 26.3. The molecule has 4 N–H and O–H groups in total. The van der Waals surface area contributed by atoms with E-state index < -0.39 is 43.8 Å². The molecule has 3 rings (SSSR count). The molecule has 1 atom stereocenters. The van der Waals surface area contributed by atoms with Crippen molar-refractivity contribution in [2.75, 3.05) is 22.0 Å². The van der Waals surface area contributed by atoms with Crippen LogP contribution in [0.2, 0.25) is 0 Å². The SMILES string of the molecule is Cc1cc(OC(NCc2ccc(NS(C)(=O)=O)c(F)c2)C(=O)NCc2ccc(NS(C)(=O)=O)c(F)c2)ccc1C(C)(C)C. The predicted molar refractivity (Wildman–Crippen MR) is 163 cm³/mol. The fraction of sp³-hybridized carbons (Fsp3) is 0.345. The van der Waals surface area contributed by atoms with Crippen molar-refractivity contribution in [3.05, 3.63) is 88.5 Å². The molecule has 0 fully saturated rings. The van der Waals surface area contributed by atoms with Crippen molar-refractivity contribution in [2.45, 2.75) is 52.4 Å². The Morgan fingerprint density at radius 1 is 0.814 bits per heavy atom. The van der Waals surface area contributed by atoms with Gasteiger partial charge in [-0.25, -0.2) is 25.6 Å². The Bertz CT molecular complexity index is 1710. The lowest BCUT2D eigenvalue weighted by molar-refractivity contribution is -0.129. The summed E-state index contributed by atoms with van der Waals surface area (Å²) >= 11 is 0. The minimum absolute atomic E-state index is 0.0201. The largest absolute Gasteiger partial charge is 0.466 e. The van der Waals surface area contributed by atoms with Crippen molar-refractivity contribution >= 4 is 37.3 Å². The number of ether oxygens (including phenoxy) is 1. The molecular weight excluding hydrogens is 602 g/mol. The van der Waals surface area contributed by atoms with Crippen LogP contribution in [-0.2, 0) is 43.3 Å². The molecule has 0 saturated carbocycles. The van der Waals surface area contributed by atoms with E-state index in [2.05, 4.69) is 40.8 Å². The number of hydrogen-bond donors (Lipinski definition) is 4. The summed E-state index contributed by atoms with van der Waals surface area (Å²) in [5.74, 6) is -1.81. The number of rotatable bonds is 12. The molecular formula is C29H36F2N4O6S2. The van der Waals surface area contributed by atoms with Crippen LogP contribution < -0.4 is 24.8 Å². The van der Waals surface area contributed by atoms with Crippen LogP contribution in [0.25, 0.3) is 0 Å². The third kappa shape index (κ3) is 10.5. The maximum atomic E-state index is 14.5. The maximum absolute atomic E-state index is 14.5. The molecule has 3 aromatic carbocycles. The second-order valence-electron chi connectivity index (χ2n) is 11.2. The Morgan fingerprint density at radius 2 is 1.33 bits per heavy atom. The molecule has 0 aliphatic carbocycles. The minimum Gasteiger partial charge on any atom is -0.466 e. The van der Waals surface area contributed by atoms with Gasteiger partial charge in [0, 0.05) is 13.1 Å². The van der Waals surface area contributed by atoms with E-state index in [0.717, 1.165) is 35.8 Å². The van der Waals surface area contributed by atoms with E-state index in [1.807, 2.05) is 13.0 Å². The Labute approximate surface area is 251 Å². The Hall–Kier alpha value is -3.75. The van der Waals surface area contributed by atoms with E-state index in [9.17, 15) is 30.4 Å². The van der Waals surface area contributed by atoms with Gasteiger partial charge < -0.3 is 10.1 Å². The van der Waals surface area contributed by atoms with Crippen molar-refractivity contribution < 1.29 is 35.1 Å². The molecule has 0 saturated heterocycles. The van der Waals surface area contributed by atoms with Crippen LogP contribution in [0.15, 0.2) is 54.6 Å². The number of carbonyl (C=O) groups excluding carboxylic acids is 1. The van der Waals surface area contributed by atoms with Crippen molar-refractivity contribution in [1.82, 2.24) is 10.6 Å². The number of hydrogen-bond acceptors (Lipinski definition) is 7. The van der Waals surface area contributed by atoms with Crippen LogP contribution in [0.5, 0.6) is 5.75 Å². The number of nitrogens with one attached hydrogen (secondary N) is 4. The molecule has 234 valence electrons. The molecule has 0 bridgehead atoms. The quantitative estimate of drug-likeness (QED) is 0.219. The summed E-state index contributed by atoms with van der Waals surface area (Å²) < 4.78 is 84.8. The first-order valence-corrected chi connectivity index (χ1v) is 16.9. The summed E-state index contributed by atoms with van der Waals surface area (Å²) in [6, 6.07) is 13.2. The van der Waals surface area contributed by atoms with Crippen molar-refractivity contribution in [3.8, 4) is 5.75 Å². The second kappa shape index (κ2) is 13.3. The first-order valence-electron chi connectivity index (χ1n) is 13.1. The molecule has 0 spiro atoms. The van der Waals surface area contributed by atoms with Crippen LogP contribution in [0, 0.1) is 18.6 Å². The van der Waals surface area contributed by atoms with Crippen molar-refractivity contribution in [1.29, 1.82) is 0 Å². The normalized spacial score (nSPS) is 12.8. The number of halogens is 2. The maximum Gasteiger partial charge on any atom is 0.276 e. The molecule has 10 nitrogen and oxygen atoms in total. The van der Waals surface area contributed by atoms with E-state index in [0.29, 0.717) is 16.9 Å². The number of sulfonamides is 2. The van der Waals surface area contributed by atoms with Crippen LogP contribution in [0.3, 0.4) is 0 Å². The molecule has 0 radical (unpaired) electrons. The van der Waals surface area contributed by atoms with Gasteiger partial charge in [0.15, 0.2) is 0 Å². The smallest absolute Gasteiger partial charge is 0.276 e. The summed E-state index contributed by atoms with van der Waals surface area (Å²) in [6.07, 6.45) is 0.557.